The van der Waals surface area contributed by atoms with Gasteiger partial charge in [0.05, 0.1) is 5.41 Å². The standard InChI is InChI=1S/C16H30N2O3/c1-11(7-6-8-12(2)17)14(19)18-13-9-4-5-10-16(13,3)15(20)21/h11-13H,4-10,17H2,1-3H3,(H,18,19)(H,20,21). The molecule has 0 aliphatic heterocycles. The average Bonchev–Trinajstić information content (AvgIpc) is 2.40. The molecule has 122 valence electrons. The molecule has 4 unspecified atom stereocenters. The van der Waals surface area contributed by atoms with Gasteiger partial charge in [0, 0.05) is 18.0 Å². The number of hydrogen-bond acceptors (Lipinski definition) is 3. The third kappa shape index (κ3) is 4.99. The minimum atomic E-state index is -0.834. The van der Waals surface area contributed by atoms with Crippen molar-refractivity contribution >= 4 is 11.9 Å². The molecule has 0 aromatic rings. The van der Waals surface area contributed by atoms with Gasteiger partial charge in [0.25, 0.3) is 0 Å². The molecule has 1 amide bonds. The predicted octanol–water partition coefficient (Wildman–Crippen LogP) is 2.29. The van der Waals surface area contributed by atoms with Crippen molar-refractivity contribution in [2.45, 2.75) is 77.8 Å². The van der Waals surface area contributed by atoms with Crippen LogP contribution in [0.5, 0.6) is 0 Å². The maximum atomic E-state index is 12.3. The van der Waals surface area contributed by atoms with E-state index in [0.717, 1.165) is 38.5 Å². The Balaban J connectivity index is 2.53. The van der Waals surface area contributed by atoms with Gasteiger partial charge in [-0.15, -0.1) is 0 Å². The van der Waals surface area contributed by atoms with Gasteiger partial charge in [0.1, 0.15) is 0 Å². The summed E-state index contributed by atoms with van der Waals surface area (Å²) in [5, 5.41) is 12.4. The Morgan fingerprint density at radius 2 is 2.00 bits per heavy atom. The molecule has 4 N–H and O–H groups in total. The molecule has 0 spiro atoms. The van der Waals surface area contributed by atoms with Gasteiger partial charge in [0.2, 0.25) is 5.91 Å². The van der Waals surface area contributed by atoms with Crippen LogP contribution in [0.1, 0.15) is 65.7 Å². The van der Waals surface area contributed by atoms with Crippen LogP contribution in [0.4, 0.5) is 0 Å². The molecular formula is C16H30N2O3. The van der Waals surface area contributed by atoms with Crippen LogP contribution in [0.3, 0.4) is 0 Å². The number of nitrogens with two attached hydrogens (primary N) is 1. The first kappa shape index (κ1) is 18.0. The summed E-state index contributed by atoms with van der Waals surface area (Å²) >= 11 is 0. The normalized spacial score (nSPS) is 28.7. The third-order valence-electron chi connectivity index (χ3n) is 4.76. The molecule has 1 rings (SSSR count). The molecule has 21 heavy (non-hydrogen) atoms. The van der Waals surface area contributed by atoms with Gasteiger partial charge in [-0.3, -0.25) is 9.59 Å². The van der Waals surface area contributed by atoms with Crippen LogP contribution < -0.4 is 11.1 Å². The van der Waals surface area contributed by atoms with Crippen molar-refractivity contribution in [3.05, 3.63) is 0 Å². The lowest BCUT2D eigenvalue weighted by Gasteiger charge is -2.38. The maximum Gasteiger partial charge on any atom is 0.311 e. The van der Waals surface area contributed by atoms with Crippen molar-refractivity contribution in [3.8, 4) is 0 Å². The van der Waals surface area contributed by atoms with Crippen LogP contribution in [0.2, 0.25) is 0 Å². The van der Waals surface area contributed by atoms with E-state index in [1.54, 1.807) is 6.92 Å². The average molecular weight is 298 g/mol. The minimum Gasteiger partial charge on any atom is -0.481 e. The summed E-state index contributed by atoms with van der Waals surface area (Å²) in [5.41, 5.74) is 4.87. The van der Waals surface area contributed by atoms with Crippen LogP contribution in [0.25, 0.3) is 0 Å². The number of nitrogens with one attached hydrogen (secondary N) is 1. The highest BCUT2D eigenvalue weighted by molar-refractivity contribution is 5.81. The number of carboxylic acid groups (broad SMARTS) is 1. The van der Waals surface area contributed by atoms with Gasteiger partial charge in [-0.25, -0.2) is 0 Å². The van der Waals surface area contributed by atoms with E-state index in [1.807, 2.05) is 13.8 Å². The summed E-state index contributed by atoms with van der Waals surface area (Å²) in [6.07, 6.45) is 5.91. The highest BCUT2D eigenvalue weighted by atomic mass is 16.4. The van der Waals surface area contributed by atoms with Crippen molar-refractivity contribution in [1.29, 1.82) is 0 Å². The second-order valence-corrected chi connectivity index (χ2v) is 6.84. The number of carboxylic acids is 1. The van der Waals surface area contributed by atoms with E-state index in [4.69, 9.17) is 5.73 Å². The van der Waals surface area contributed by atoms with Gasteiger partial charge in [-0.1, -0.05) is 26.2 Å². The zero-order valence-corrected chi connectivity index (χ0v) is 13.5. The van der Waals surface area contributed by atoms with E-state index in [9.17, 15) is 14.7 Å². The molecular weight excluding hydrogens is 268 g/mol. The maximum absolute atomic E-state index is 12.3. The van der Waals surface area contributed by atoms with Crippen LogP contribution in [-0.4, -0.2) is 29.1 Å². The number of carbonyl (C=O) groups is 2. The van der Waals surface area contributed by atoms with Gasteiger partial charge in [0.15, 0.2) is 0 Å². The molecule has 0 heterocycles. The Labute approximate surface area is 127 Å². The summed E-state index contributed by atoms with van der Waals surface area (Å²) in [4.78, 5) is 23.8. The van der Waals surface area contributed by atoms with Gasteiger partial charge in [-0.2, -0.15) is 0 Å². The van der Waals surface area contributed by atoms with Crippen LogP contribution >= 0.6 is 0 Å². The molecule has 0 aromatic heterocycles. The Morgan fingerprint density at radius 3 is 2.57 bits per heavy atom. The summed E-state index contributed by atoms with van der Waals surface area (Å²) in [6.45, 7) is 5.61. The van der Waals surface area contributed by atoms with Crippen molar-refractivity contribution in [2.75, 3.05) is 0 Å². The predicted molar refractivity (Wildman–Crippen MR) is 82.8 cm³/mol. The molecule has 1 saturated carbocycles. The van der Waals surface area contributed by atoms with Crippen LogP contribution in [0.15, 0.2) is 0 Å². The van der Waals surface area contributed by atoms with Gasteiger partial charge >= 0.3 is 5.97 Å². The number of hydrogen-bond donors (Lipinski definition) is 3. The van der Waals surface area contributed by atoms with Crippen LogP contribution in [-0.2, 0) is 9.59 Å². The van der Waals surface area contributed by atoms with Crippen molar-refractivity contribution in [2.24, 2.45) is 17.1 Å². The molecule has 0 saturated heterocycles. The molecule has 5 nitrogen and oxygen atoms in total. The van der Waals surface area contributed by atoms with Gasteiger partial charge in [-0.05, 0) is 39.5 Å². The number of amides is 1. The highest BCUT2D eigenvalue weighted by Crippen LogP contribution is 2.36. The Morgan fingerprint density at radius 1 is 1.33 bits per heavy atom. The fraction of sp³-hybridized carbons (Fsp3) is 0.875. The molecule has 0 aromatic carbocycles. The number of aliphatic carboxylic acids is 1. The summed E-state index contributed by atoms with van der Waals surface area (Å²) < 4.78 is 0. The number of carbonyl (C=O) groups excluding carboxylic acids is 1. The number of rotatable bonds is 7. The first-order valence-electron chi connectivity index (χ1n) is 8.06. The Hall–Kier alpha value is -1.10. The van der Waals surface area contributed by atoms with E-state index >= 15 is 0 Å². The Bertz CT molecular complexity index is 371. The molecule has 1 aliphatic carbocycles. The SMILES string of the molecule is CC(N)CCCC(C)C(=O)NC1CCCCC1(C)C(=O)O. The topological polar surface area (TPSA) is 92.4 Å². The monoisotopic (exact) mass is 298 g/mol. The Kier molecular flexibility index (Phi) is 6.65. The fourth-order valence-corrected chi connectivity index (χ4v) is 3.01. The molecule has 0 radical (unpaired) electrons. The molecule has 0 bridgehead atoms. The lowest BCUT2D eigenvalue weighted by atomic mass is 9.71. The smallest absolute Gasteiger partial charge is 0.311 e. The summed E-state index contributed by atoms with van der Waals surface area (Å²) in [5.74, 6) is -0.931. The first-order chi connectivity index (χ1) is 9.77. The molecule has 1 aliphatic rings. The van der Waals surface area contributed by atoms with Gasteiger partial charge < -0.3 is 16.2 Å². The van der Waals surface area contributed by atoms with Crippen molar-refractivity contribution in [1.82, 2.24) is 5.32 Å². The van der Waals surface area contributed by atoms with E-state index in [-0.39, 0.29) is 23.9 Å². The van der Waals surface area contributed by atoms with E-state index in [1.165, 1.54) is 0 Å². The first-order valence-corrected chi connectivity index (χ1v) is 8.06. The fourth-order valence-electron chi connectivity index (χ4n) is 3.01. The van der Waals surface area contributed by atoms with Crippen molar-refractivity contribution in [3.63, 3.8) is 0 Å². The molecule has 1 fully saturated rings. The molecule has 4 atom stereocenters. The zero-order valence-electron chi connectivity index (χ0n) is 13.5. The van der Waals surface area contributed by atoms with E-state index < -0.39 is 11.4 Å². The van der Waals surface area contributed by atoms with Crippen LogP contribution in [0, 0.1) is 11.3 Å². The quantitative estimate of drug-likeness (QED) is 0.672. The second-order valence-electron chi connectivity index (χ2n) is 6.84. The van der Waals surface area contributed by atoms with Crippen molar-refractivity contribution < 1.29 is 14.7 Å². The lowest BCUT2D eigenvalue weighted by Crippen LogP contribution is -2.53. The largest absolute Gasteiger partial charge is 0.481 e. The second kappa shape index (κ2) is 7.78. The molecule has 5 heteroatoms. The lowest BCUT2D eigenvalue weighted by molar-refractivity contribution is -0.152. The highest BCUT2D eigenvalue weighted by Gasteiger charge is 2.44. The summed E-state index contributed by atoms with van der Waals surface area (Å²) in [6, 6.07) is -0.0963. The van der Waals surface area contributed by atoms with E-state index in [2.05, 4.69) is 5.32 Å². The van der Waals surface area contributed by atoms with E-state index in [0.29, 0.717) is 6.42 Å². The summed E-state index contributed by atoms with van der Waals surface area (Å²) in [7, 11) is 0. The zero-order chi connectivity index (χ0) is 16.0. The minimum absolute atomic E-state index is 0.0287. The third-order valence-corrected chi connectivity index (χ3v) is 4.76.